The maximum absolute atomic E-state index is 13.7. The number of hydrogen-bond donors (Lipinski definition) is 2. The molecular weight excluding hydrogens is 245 g/mol. The zero-order valence-corrected chi connectivity index (χ0v) is 10.4. The van der Waals surface area contributed by atoms with Crippen LogP contribution in [-0.2, 0) is 0 Å². The molecule has 0 aliphatic rings. The minimum Gasteiger partial charge on any atom is -0.478 e. The number of carboxylic acid groups (broad SMARTS) is 1. The lowest BCUT2D eigenvalue weighted by atomic mass is 10.1. The van der Waals surface area contributed by atoms with Crippen molar-refractivity contribution in [3.63, 3.8) is 0 Å². The fourth-order valence-corrected chi connectivity index (χ4v) is 1.83. The van der Waals surface area contributed by atoms with Gasteiger partial charge in [-0.15, -0.1) is 0 Å². The van der Waals surface area contributed by atoms with Gasteiger partial charge in [0.05, 0.1) is 11.3 Å². The number of halogens is 1. The van der Waals surface area contributed by atoms with E-state index in [0.717, 1.165) is 11.6 Å². The van der Waals surface area contributed by atoms with E-state index in [2.05, 4.69) is 5.32 Å². The lowest BCUT2D eigenvalue weighted by Crippen LogP contribution is -2.09. The molecule has 1 atom stereocenters. The highest BCUT2D eigenvalue weighted by molar-refractivity contribution is 5.88. The van der Waals surface area contributed by atoms with Crippen LogP contribution in [0.25, 0.3) is 0 Å². The van der Waals surface area contributed by atoms with Crippen LogP contribution in [0.5, 0.6) is 0 Å². The molecule has 0 fully saturated rings. The molecule has 3 nitrogen and oxygen atoms in total. The van der Waals surface area contributed by atoms with E-state index in [1.54, 1.807) is 0 Å². The second kappa shape index (κ2) is 5.52. The minimum atomic E-state index is -1.07. The molecule has 0 amide bonds. The zero-order valence-electron chi connectivity index (χ0n) is 10.4. The van der Waals surface area contributed by atoms with Gasteiger partial charge in [-0.3, -0.25) is 0 Å². The maximum atomic E-state index is 13.7. The monoisotopic (exact) mass is 259 g/mol. The predicted molar refractivity (Wildman–Crippen MR) is 71.8 cm³/mol. The second-order valence-electron chi connectivity index (χ2n) is 4.28. The van der Waals surface area contributed by atoms with E-state index in [0.29, 0.717) is 0 Å². The highest BCUT2D eigenvalue weighted by atomic mass is 19.1. The molecule has 2 aromatic carbocycles. The third-order valence-electron chi connectivity index (χ3n) is 2.88. The van der Waals surface area contributed by atoms with Gasteiger partial charge in [0.25, 0.3) is 0 Å². The number of aromatic carboxylic acids is 1. The van der Waals surface area contributed by atoms with Gasteiger partial charge in [-0.2, -0.15) is 0 Å². The van der Waals surface area contributed by atoms with E-state index >= 15 is 0 Å². The summed E-state index contributed by atoms with van der Waals surface area (Å²) in [6.07, 6.45) is 0. The number of carboxylic acids is 1. The number of nitrogens with one attached hydrogen (secondary N) is 1. The van der Waals surface area contributed by atoms with E-state index in [1.807, 2.05) is 37.3 Å². The van der Waals surface area contributed by atoms with Crippen LogP contribution in [0.1, 0.15) is 28.9 Å². The molecule has 0 aliphatic carbocycles. The molecule has 4 heteroatoms. The van der Waals surface area contributed by atoms with Crippen molar-refractivity contribution >= 4 is 11.7 Å². The molecule has 0 heterocycles. The first-order valence-electron chi connectivity index (χ1n) is 5.92. The van der Waals surface area contributed by atoms with Gasteiger partial charge in [0, 0.05) is 6.04 Å². The second-order valence-corrected chi connectivity index (χ2v) is 4.28. The van der Waals surface area contributed by atoms with Gasteiger partial charge in [0.15, 0.2) is 0 Å². The van der Waals surface area contributed by atoms with Crippen molar-refractivity contribution in [2.24, 2.45) is 0 Å². The van der Waals surface area contributed by atoms with Crippen molar-refractivity contribution in [1.29, 1.82) is 0 Å². The Kier molecular flexibility index (Phi) is 3.80. The summed E-state index contributed by atoms with van der Waals surface area (Å²) in [5.41, 5.74) is 1.25. The average Bonchev–Trinajstić information content (AvgIpc) is 2.42. The first kappa shape index (κ1) is 13.1. The number of rotatable bonds is 4. The van der Waals surface area contributed by atoms with Crippen LogP contribution in [-0.4, -0.2) is 11.1 Å². The summed E-state index contributed by atoms with van der Waals surface area (Å²) in [6.45, 7) is 1.89. The zero-order chi connectivity index (χ0) is 13.8. The van der Waals surface area contributed by atoms with Gasteiger partial charge < -0.3 is 10.4 Å². The van der Waals surface area contributed by atoms with Crippen molar-refractivity contribution in [2.75, 3.05) is 5.32 Å². The molecule has 0 radical (unpaired) electrons. The van der Waals surface area contributed by atoms with Gasteiger partial charge in [-0.05, 0) is 30.7 Å². The Morgan fingerprint density at radius 3 is 2.53 bits per heavy atom. The Morgan fingerprint density at radius 2 is 1.89 bits per heavy atom. The number of benzene rings is 2. The minimum absolute atomic E-state index is 0.0594. The third-order valence-corrected chi connectivity index (χ3v) is 2.88. The molecule has 2 N–H and O–H groups in total. The van der Waals surface area contributed by atoms with Crippen molar-refractivity contribution in [1.82, 2.24) is 0 Å². The van der Waals surface area contributed by atoms with Crippen LogP contribution in [0.4, 0.5) is 10.1 Å². The molecule has 0 saturated carbocycles. The SMILES string of the molecule is CC(Nc1cc(C(=O)O)ccc1F)c1ccccc1. The van der Waals surface area contributed by atoms with Gasteiger partial charge >= 0.3 is 5.97 Å². The first-order valence-corrected chi connectivity index (χ1v) is 5.92. The van der Waals surface area contributed by atoms with E-state index in [9.17, 15) is 9.18 Å². The smallest absolute Gasteiger partial charge is 0.335 e. The van der Waals surface area contributed by atoms with Gasteiger partial charge in [0.2, 0.25) is 0 Å². The highest BCUT2D eigenvalue weighted by Gasteiger charge is 2.11. The Labute approximate surface area is 110 Å². The number of carbonyl (C=O) groups is 1. The fraction of sp³-hybridized carbons (Fsp3) is 0.133. The maximum Gasteiger partial charge on any atom is 0.335 e. The summed E-state index contributed by atoms with van der Waals surface area (Å²) in [4.78, 5) is 10.9. The predicted octanol–water partition coefficient (Wildman–Crippen LogP) is 3.70. The molecule has 1 unspecified atom stereocenters. The van der Waals surface area contributed by atoms with E-state index in [4.69, 9.17) is 5.11 Å². The summed E-state index contributed by atoms with van der Waals surface area (Å²) in [5, 5.41) is 11.9. The number of hydrogen-bond acceptors (Lipinski definition) is 2. The molecule has 98 valence electrons. The molecule has 0 aromatic heterocycles. The molecule has 19 heavy (non-hydrogen) atoms. The lowest BCUT2D eigenvalue weighted by molar-refractivity contribution is 0.0697. The molecule has 0 bridgehead atoms. The topological polar surface area (TPSA) is 49.3 Å². The molecule has 0 saturated heterocycles. The van der Waals surface area contributed by atoms with Crippen molar-refractivity contribution < 1.29 is 14.3 Å². The van der Waals surface area contributed by atoms with Crippen molar-refractivity contribution in [3.05, 3.63) is 65.5 Å². The van der Waals surface area contributed by atoms with Crippen molar-refractivity contribution in [3.8, 4) is 0 Å². The third kappa shape index (κ3) is 3.10. The molecule has 2 rings (SSSR count). The van der Waals surface area contributed by atoms with Crippen LogP contribution >= 0.6 is 0 Å². The molecule has 0 aliphatic heterocycles. The van der Waals surface area contributed by atoms with E-state index < -0.39 is 11.8 Å². The van der Waals surface area contributed by atoms with Crippen LogP contribution in [0.3, 0.4) is 0 Å². The van der Waals surface area contributed by atoms with E-state index in [1.165, 1.54) is 12.1 Å². The standard InChI is InChI=1S/C15H14FNO2/c1-10(11-5-3-2-4-6-11)17-14-9-12(15(18)19)7-8-13(14)16/h2-10,17H,1H3,(H,18,19). The largest absolute Gasteiger partial charge is 0.478 e. The van der Waals surface area contributed by atoms with E-state index in [-0.39, 0.29) is 17.3 Å². The normalized spacial score (nSPS) is 11.9. The van der Waals surface area contributed by atoms with Crippen LogP contribution in [0.2, 0.25) is 0 Å². The first-order chi connectivity index (χ1) is 9.08. The lowest BCUT2D eigenvalue weighted by Gasteiger charge is -2.16. The molecule has 0 spiro atoms. The highest BCUT2D eigenvalue weighted by Crippen LogP contribution is 2.22. The van der Waals surface area contributed by atoms with Gasteiger partial charge in [-0.1, -0.05) is 30.3 Å². The summed E-state index contributed by atoms with van der Waals surface area (Å²) in [5.74, 6) is -1.54. The Balaban J connectivity index is 2.23. The van der Waals surface area contributed by atoms with Crippen LogP contribution in [0.15, 0.2) is 48.5 Å². The quantitative estimate of drug-likeness (QED) is 0.880. The van der Waals surface area contributed by atoms with Gasteiger partial charge in [0.1, 0.15) is 5.82 Å². The summed E-state index contributed by atoms with van der Waals surface area (Å²) in [7, 11) is 0. The van der Waals surface area contributed by atoms with Crippen LogP contribution < -0.4 is 5.32 Å². The Morgan fingerprint density at radius 1 is 1.21 bits per heavy atom. The summed E-state index contributed by atoms with van der Waals surface area (Å²) in [6, 6.07) is 13.2. The van der Waals surface area contributed by atoms with Gasteiger partial charge in [-0.25, -0.2) is 9.18 Å². The summed E-state index contributed by atoms with van der Waals surface area (Å²) < 4.78 is 13.7. The summed E-state index contributed by atoms with van der Waals surface area (Å²) >= 11 is 0. The number of anilines is 1. The Hall–Kier alpha value is -2.36. The van der Waals surface area contributed by atoms with Crippen LogP contribution in [0, 0.1) is 5.82 Å². The molecule has 2 aromatic rings. The molecular formula is C15H14FNO2. The average molecular weight is 259 g/mol. The fourth-order valence-electron chi connectivity index (χ4n) is 1.83. The van der Waals surface area contributed by atoms with Crippen molar-refractivity contribution in [2.45, 2.75) is 13.0 Å². The Bertz CT molecular complexity index is 584.